The molecule has 1 aromatic carbocycles. The molecular formula is C14H18O6. The van der Waals surface area contributed by atoms with E-state index in [1.54, 1.807) is 19.9 Å². The minimum atomic E-state index is -1.64. The maximum atomic E-state index is 11.4. The summed E-state index contributed by atoms with van der Waals surface area (Å²) in [4.78, 5) is 22.0. The van der Waals surface area contributed by atoms with Crippen molar-refractivity contribution in [3.8, 4) is 11.5 Å². The first kappa shape index (κ1) is 15.8. The van der Waals surface area contributed by atoms with Crippen molar-refractivity contribution in [1.29, 1.82) is 0 Å². The second-order valence-electron chi connectivity index (χ2n) is 4.28. The van der Waals surface area contributed by atoms with Gasteiger partial charge in [0.25, 0.3) is 0 Å². The summed E-state index contributed by atoms with van der Waals surface area (Å²) in [5, 5.41) is 18.3. The molecule has 0 fully saturated rings. The van der Waals surface area contributed by atoms with Crippen molar-refractivity contribution in [2.75, 3.05) is 7.11 Å². The van der Waals surface area contributed by atoms with Crippen LogP contribution in [0.5, 0.6) is 11.5 Å². The zero-order valence-corrected chi connectivity index (χ0v) is 11.7. The van der Waals surface area contributed by atoms with E-state index in [1.807, 2.05) is 0 Å². The number of carbonyl (C=O) groups is 2. The van der Waals surface area contributed by atoms with E-state index in [9.17, 15) is 14.7 Å². The minimum Gasteiger partial charge on any atom is -0.504 e. The molecule has 1 aromatic rings. The van der Waals surface area contributed by atoms with Crippen LogP contribution in [0, 0.1) is 0 Å². The van der Waals surface area contributed by atoms with Gasteiger partial charge >= 0.3 is 11.9 Å². The molecule has 0 aliphatic heterocycles. The Kier molecular flexibility index (Phi) is 4.96. The number of carboxylic acids is 1. The van der Waals surface area contributed by atoms with Crippen LogP contribution in [0.4, 0.5) is 0 Å². The number of aromatic hydroxyl groups is 1. The molecule has 0 spiro atoms. The molecule has 1 rings (SSSR count). The fourth-order valence-electron chi connectivity index (χ4n) is 2.04. The summed E-state index contributed by atoms with van der Waals surface area (Å²) >= 11 is 0. The highest BCUT2D eigenvalue weighted by molar-refractivity contribution is 6.28. The first-order valence-corrected chi connectivity index (χ1v) is 6.24. The Labute approximate surface area is 116 Å². The molecule has 0 aromatic heterocycles. The summed E-state index contributed by atoms with van der Waals surface area (Å²) in [5.41, 5.74) is -0.483. The lowest BCUT2D eigenvalue weighted by atomic mass is 9.88. The zero-order valence-electron chi connectivity index (χ0n) is 11.7. The molecule has 0 atom stereocenters. The van der Waals surface area contributed by atoms with Crippen molar-refractivity contribution in [1.82, 2.24) is 0 Å². The smallest absolute Gasteiger partial charge is 0.418 e. The monoisotopic (exact) mass is 282 g/mol. The highest BCUT2D eigenvalue weighted by Gasteiger charge is 2.35. The average molecular weight is 282 g/mol. The number of hydrogen-bond donors (Lipinski definition) is 2. The van der Waals surface area contributed by atoms with Gasteiger partial charge in [0, 0.05) is 0 Å². The van der Waals surface area contributed by atoms with E-state index >= 15 is 0 Å². The van der Waals surface area contributed by atoms with Crippen LogP contribution >= 0.6 is 0 Å². The molecule has 0 radical (unpaired) electrons. The lowest BCUT2D eigenvalue weighted by molar-refractivity contribution is -0.176. The number of esters is 1. The lowest BCUT2D eigenvalue weighted by Crippen LogP contribution is -2.34. The highest BCUT2D eigenvalue weighted by atomic mass is 16.6. The van der Waals surface area contributed by atoms with Crippen LogP contribution in [0.15, 0.2) is 18.2 Å². The molecule has 110 valence electrons. The molecule has 0 aliphatic rings. The van der Waals surface area contributed by atoms with Crippen molar-refractivity contribution < 1.29 is 29.3 Å². The van der Waals surface area contributed by atoms with Gasteiger partial charge in [-0.3, -0.25) is 0 Å². The summed E-state index contributed by atoms with van der Waals surface area (Å²) in [6, 6.07) is 4.54. The van der Waals surface area contributed by atoms with E-state index in [4.69, 9.17) is 14.6 Å². The Morgan fingerprint density at radius 3 is 2.30 bits per heavy atom. The third kappa shape index (κ3) is 3.01. The summed E-state index contributed by atoms with van der Waals surface area (Å²) in [7, 11) is 1.40. The molecule has 6 nitrogen and oxygen atoms in total. The number of benzene rings is 1. The molecule has 0 saturated carbocycles. The van der Waals surface area contributed by atoms with E-state index in [2.05, 4.69) is 0 Å². The van der Waals surface area contributed by atoms with Crippen molar-refractivity contribution in [3.05, 3.63) is 23.8 Å². The topological polar surface area (TPSA) is 93.1 Å². The van der Waals surface area contributed by atoms with Gasteiger partial charge in [0.05, 0.1) is 7.11 Å². The number of carboxylic acid groups (broad SMARTS) is 1. The Morgan fingerprint density at radius 1 is 1.25 bits per heavy atom. The number of ether oxygens (including phenoxy) is 2. The molecule has 2 N–H and O–H groups in total. The Morgan fingerprint density at radius 2 is 1.85 bits per heavy atom. The van der Waals surface area contributed by atoms with Gasteiger partial charge in [0.15, 0.2) is 11.5 Å². The predicted molar refractivity (Wildman–Crippen MR) is 70.6 cm³/mol. The van der Waals surface area contributed by atoms with E-state index in [0.29, 0.717) is 18.4 Å². The van der Waals surface area contributed by atoms with Gasteiger partial charge in [0.1, 0.15) is 5.60 Å². The van der Waals surface area contributed by atoms with Gasteiger partial charge in [0.2, 0.25) is 0 Å². The number of aliphatic carboxylic acids is 1. The molecule has 6 heteroatoms. The van der Waals surface area contributed by atoms with Crippen molar-refractivity contribution in [3.63, 3.8) is 0 Å². The van der Waals surface area contributed by atoms with Gasteiger partial charge < -0.3 is 19.7 Å². The lowest BCUT2D eigenvalue weighted by Gasteiger charge is -2.31. The summed E-state index contributed by atoms with van der Waals surface area (Å²) in [6.45, 7) is 3.58. The second kappa shape index (κ2) is 6.27. The highest BCUT2D eigenvalue weighted by Crippen LogP contribution is 2.37. The first-order valence-electron chi connectivity index (χ1n) is 6.24. The van der Waals surface area contributed by atoms with Gasteiger partial charge in [-0.2, -0.15) is 0 Å². The van der Waals surface area contributed by atoms with Gasteiger partial charge in [-0.05, 0) is 30.5 Å². The molecule has 0 amide bonds. The largest absolute Gasteiger partial charge is 0.504 e. The molecule has 0 unspecified atom stereocenters. The van der Waals surface area contributed by atoms with Crippen LogP contribution in [0.25, 0.3) is 0 Å². The number of hydrogen-bond acceptors (Lipinski definition) is 5. The normalized spacial score (nSPS) is 10.9. The standard InChI is InChI=1S/C14H18O6/c1-4-14(5-2,20-13(18)12(16)17)9-6-7-10(15)11(8-9)19-3/h6-8,15H,4-5H2,1-3H3,(H,16,17). The predicted octanol–water partition coefficient (Wildman–Crippen LogP) is 2.04. The fourth-order valence-corrected chi connectivity index (χ4v) is 2.04. The van der Waals surface area contributed by atoms with Crippen LogP contribution in [0.2, 0.25) is 0 Å². The van der Waals surface area contributed by atoms with Crippen LogP contribution in [-0.2, 0) is 19.9 Å². The first-order chi connectivity index (χ1) is 9.40. The zero-order chi connectivity index (χ0) is 15.3. The SMILES string of the molecule is CCC(CC)(OC(=O)C(=O)O)c1ccc(O)c(OC)c1. The number of carbonyl (C=O) groups excluding carboxylic acids is 1. The molecule has 20 heavy (non-hydrogen) atoms. The fraction of sp³-hybridized carbons (Fsp3) is 0.429. The number of methoxy groups -OCH3 is 1. The number of phenols is 1. The van der Waals surface area contributed by atoms with Gasteiger partial charge in [-0.1, -0.05) is 19.9 Å². The van der Waals surface area contributed by atoms with Crippen molar-refractivity contribution >= 4 is 11.9 Å². The number of phenolic OH excluding ortho intramolecular Hbond substituents is 1. The summed E-state index contributed by atoms with van der Waals surface area (Å²) in [5.74, 6) is -2.75. The van der Waals surface area contributed by atoms with E-state index in [-0.39, 0.29) is 11.5 Å². The third-order valence-electron chi connectivity index (χ3n) is 3.31. The Balaban J connectivity index is 3.25. The van der Waals surface area contributed by atoms with E-state index in [0.717, 1.165) is 0 Å². The maximum Gasteiger partial charge on any atom is 0.418 e. The summed E-state index contributed by atoms with van der Waals surface area (Å²) < 4.78 is 10.2. The van der Waals surface area contributed by atoms with Gasteiger partial charge in [-0.15, -0.1) is 0 Å². The molecular weight excluding hydrogens is 264 g/mol. The quantitative estimate of drug-likeness (QED) is 0.634. The van der Waals surface area contributed by atoms with Crippen molar-refractivity contribution in [2.45, 2.75) is 32.3 Å². The maximum absolute atomic E-state index is 11.4. The minimum absolute atomic E-state index is 0.0399. The molecule has 0 aliphatic carbocycles. The molecule has 0 bridgehead atoms. The molecule has 0 saturated heterocycles. The van der Waals surface area contributed by atoms with E-state index < -0.39 is 17.5 Å². The second-order valence-corrected chi connectivity index (χ2v) is 4.28. The van der Waals surface area contributed by atoms with Crippen LogP contribution in [0.3, 0.4) is 0 Å². The average Bonchev–Trinajstić information content (AvgIpc) is 2.45. The summed E-state index contributed by atoms with van der Waals surface area (Å²) in [6.07, 6.45) is 0.799. The van der Waals surface area contributed by atoms with E-state index in [1.165, 1.54) is 19.2 Å². The van der Waals surface area contributed by atoms with Gasteiger partial charge in [-0.25, -0.2) is 9.59 Å². The Hall–Kier alpha value is -2.24. The number of rotatable bonds is 5. The van der Waals surface area contributed by atoms with Crippen LogP contribution < -0.4 is 4.74 Å². The van der Waals surface area contributed by atoms with Crippen molar-refractivity contribution in [2.24, 2.45) is 0 Å². The Bertz CT molecular complexity index is 504. The third-order valence-corrected chi connectivity index (χ3v) is 3.31. The molecule has 0 heterocycles. The van der Waals surface area contributed by atoms with Crippen LogP contribution in [0.1, 0.15) is 32.3 Å². The van der Waals surface area contributed by atoms with Crippen LogP contribution in [-0.4, -0.2) is 29.3 Å².